The van der Waals surface area contributed by atoms with Crippen LogP contribution in [-0.4, -0.2) is 12.0 Å². The van der Waals surface area contributed by atoms with Gasteiger partial charge in [0.05, 0.1) is 5.69 Å². The number of anilines is 1. The maximum atomic E-state index is 13.4. The number of aromatic nitrogens is 1. The van der Waals surface area contributed by atoms with Gasteiger partial charge in [0, 0.05) is 0 Å². The van der Waals surface area contributed by atoms with Crippen molar-refractivity contribution in [3.63, 3.8) is 0 Å². The quantitative estimate of drug-likeness (QED) is 0.824. The van der Waals surface area contributed by atoms with E-state index in [-0.39, 0.29) is 0 Å². The van der Waals surface area contributed by atoms with Crippen LogP contribution in [-0.2, 0) is 0 Å². The van der Waals surface area contributed by atoms with E-state index in [1.165, 1.54) is 6.82 Å². The van der Waals surface area contributed by atoms with Crippen molar-refractivity contribution in [2.45, 2.75) is 20.7 Å². The Kier molecular flexibility index (Phi) is 5.37. The van der Waals surface area contributed by atoms with Crippen LogP contribution < -0.4 is 11.2 Å². The van der Waals surface area contributed by atoms with Gasteiger partial charge in [-0.2, -0.15) is 0 Å². The molecule has 18 heavy (non-hydrogen) atoms. The second kappa shape index (κ2) is 6.79. The SMILES string of the molecule is CB(F)c1ccccc1-c1cccc(N)n1.CC. The highest BCUT2D eigenvalue weighted by atomic mass is 19.1. The molecule has 2 aromatic rings. The third kappa shape index (κ3) is 3.33. The molecule has 0 bridgehead atoms. The molecule has 94 valence electrons. The Morgan fingerprint density at radius 2 is 1.72 bits per heavy atom. The van der Waals surface area contributed by atoms with Crippen LogP contribution in [0.15, 0.2) is 42.5 Å². The van der Waals surface area contributed by atoms with E-state index in [9.17, 15) is 4.32 Å². The van der Waals surface area contributed by atoms with Crippen molar-refractivity contribution in [1.82, 2.24) is 4.98 Å². The van der Waals surface area contributed by atoms with Crippen LogP contribution in [0.3, 0.4) is 0 Å². The fourth-order valence-electron chi connectivity index (χ4n) is 1.68. The van der Waals surface area contributed by atoms with Crippen LogP contribution >= 0.6 is 0 Å². The monoisotopic (exact) mass is 244 g/mol. The molecule has 0 spiro atoms. The Hall–Kier alpha value is -1.84. The summed E-state index contributed by atoms with van der Waals surface area (Å²) in [6.07, 6.45) is 0. The highest BCUT2D eigenvalue weighted by molar-refractivity contribution is 6.67. The second-order valence-corrected chi connectivity index (χ2v) is 3.65. The Labute approximate surface area is 108 Å². The maximum absolute atomic E-state index is 13.4. The molecule has 2 rings (SSSR count). The topological polar surface area (TPSA) is 38.9 Å². The van der Waals surface area contributed by atoms with Gasteiger partial charge in [-0.25, -0.2) is 4.98 Å². The number of hydrogen-bond acceptors (Lipinski definition) is 2. The Balaban J connectivity index is 0.000000771. The van der Waals surface area contributed by atoms with E-state index in [2.05, 4.69) is 4.98 Å². The third-order valence-corrected chi connectivity index (χ3v) is 2.44. The van der Waals surface area contributed by atoms with Crippen molar-refractivity contribution in [2.24, 2.45) is 0 Å². The van der Waals surface area contributed by atoms with Gasteiger partial charge in [0.2, 0.25) is 0 Å². The summed E-state index contributed by atoms with van der Waals surface area (Å²) in [4.78, 5) is 4.20. The first-order valence-corrected chi connectivity index (χ1v) is 6.14. The van der Waals surface area contributed by atoms with Gasteiger partial charge in [0.1, 0.15) is 5.82 Å². The number of nitrogen functional groups attached to an aromatic ring is 1. The fourth-order valence-corrected chi connectivity index (χ4v) is 1.68. The lowest BCUT2D eigenvalue weighted by Gasteiger charge is -2.08. The van der Waals surface area contributed by atoms with E-state index in [0.717, 1.165) is 5.56 Å². The lowest BCUT2D eigenvalue weighted by molar-refractivity contribution is 0.856. The smallest absolute Gasteiger partial charge is 0.378 e. The maximum Gasteiger partial charge on any atom is 0.378 e. The van der Waals surface area contributed by atoms with Crippen LogP contribution in [0.5, 0.6) is 0 Å². The molecule has 1 aromatic heterocycles. The molecular weight excluding hydrogens is 226 g/mol. The zero-order valence-electron chi connectivity index (χ0n) is 11.0. The summed E-state index contributed by atoms with van der Waals surface area (Å²) in [5, 5.41) is 0. The van der Waals surface area contributed by atoms with E-state index < -0.39 is 6.99 Å². The lowest BCUT2D eigenvalue weighted by Crippen LogP contribution is -2.23. The Morgan fingerprint density at radius 1 is 1.06 bits per heavy atom. The summed E-state index contributed by atoms with van der Waals surface area (Å²) in [6, 6.07) is 12.7. The summed E-state index contributed by atoms with van der Waals surface area (Å²) in [7, 11) is 0. The van der Waals surface area contributed by atoms with E-state index in [1.54, 1.807) is 12.1 Å². The average molecular weight is 244 g/mol. The summed E-state index contributed by atoms with van der Waals surface area (Å²) in [5.41, 5.74) is 7.76. The van der Waals surface area contributed by atoms with Crippen molar-refractivity contribution >= 4 is 18.3 Å². The molecule has 0 aliphatic heterocycles. The summed E-state index contributed by atoms with van der Waals surface area (Å²) in [5.74, 6) is 0.443. The van der Waals surface area contributed by atoms with Gasteiger partial charge >= 0.3 is 6.99 Å². The van der Waals surface area contributed by atoms with Gasteiger partial charge in [-0.05, 0) is 30.0 Å². The van der Waals surface area contributed by atoms with Gasteiger partial charge in [-0.1, -0.05) is 44.2 Å². The van der Waals surface area contributed by atoms with Crippen LogP contribution in [0.4, 0.5) is 10.1 Å². The average Bonchev–Trinajstić information content (AvgIpc) is 2.41. The molecule has 4 heteroatoms. The highest BCUT2D eigenvalue weighted by Gasteiger charge is 2.15. The first kappa shape index (κ1) is 14.2. The number of hydrogen-bond donors (Lipinski definition) is 1. The first-order valence-electron chi connectivity index (χ1n) is 6.14. The number of nitrogens with zero attached hydrogens (tertiary/aromatic N) is 1. The number of pyridine rings is 1. The molecule has 0 amide bonds. The molecule has 1 heterocycles. The molecule has 2 N–H and O–H groups in total. The minimum absolute atomic E-state index is 0.443. The molecule has 0 saturated heterocycles. The second-order valence-electron chi connectivity index (χ2n) is 3.65. The van der Waals surface area contributed by atoms with Gasteiger partial charge in [-0.3, -0.25) is 0 Å². The van der Waals surface area contributed by atoms with E-state index in [0.29, 0.717) is 17.0 Å². The summed E-state index contributed by atoms with van der Waals surface area (Å²) >= 11 is 0. The number of rotatable bonds is 2. The molecule has 0 radical (unpaired) electrons. The fraction of sp³-hybridized carbons (Fsp3) is 0.214. The van der Waals surface area contributed by atoms with Gasteiger partial charge in [-0.15, -0.1) is 0 Å². The number of halogens is 1. The lowest BCUT2D eigenvalue weighted by atomic mass is 9.65. The minimum atomic E-state index is -1.01. The molecule has 0 atom stereocenters. The number of benzene rings is 1. The predicted molar refractivity (Wildman–Crippen MR) is 77.8 cm³/mol. The van der Waals surface area contributed by atoms with Crippen LogP contribution in [0.1, 0.15) is 13.8 Å². The zero-order valence-corrected chi connectivity index (χ0v) is 11.0. The van der Waals surface area contributed by atoms with Crippen molar-refractivity contribution < 1.29 is 4.32 Å². The van der Waals surface area contributed by atoms with Crippen molar-refractivity contribution in [2.75, 3.05) is 5.73 Å². The number of nitrogens with two attached hydrogens (primary N) is 1. The van der Waals surface area contributed by atoms with Crippen molar-refractivity contribution in [3.05, 3.63) is 42.5 Å². The van der Waals surface area contributed by atoms with Gasteiger partial charge in [0.25, 0.3) is 0 Å². The third-order valence-electron chi connectivity index (χ3n) is 2.44. The first-order chi connectivity index (χ1) is 8.68. The van der Waals surface area contributed by atoms with E-state index in [1.807, 2.05) is 44.2 Å². The molecule has 0 aliphatic rings. The zero-order chi connectivity index (χ0) is 13.5. The van der Waals surface area contributed by atoms with Crippen LogP contribution in [0, 0.1) is 0 Å². The molecule has 2 nitrogen and oxygen atoms in total. The standard InChI is InChI=1S/C12H12BFN2.C2H6/c1-13(14)10-6-3-2-5-9(10)11-7-4-8-12(15)16-11;1-2/h2-8H,1H3,(H2,15,16);1-2H3. The van der Waals surface area contributed by atoms with E-state index >= 15 is 0 Å². The molecule has 0 fully saturated rings. The normalized spacial score (nSPS) is 9.33. The minimum Gasteiger partial charge on any atom is -0.384 e. The molecule has 0 saturated carbocycles. The Morgan fingerprint density at radius 3 is 2.33 bits per heavy atom. The largest absolute Gasteiger partial charge is 0.384 e. The van der Waals surface area contributed by atoms with Crippen molar-refractivity contribution in [1.29, 1.82) is 0 Å². The van der Waals surface area contributed by atoms with Gasteiger partial charge < -0.3 is 10.0 Å². The van der Waals surface area contributed by atoms with E-state index in [4.69, 9.17) is 5.73 Å². The molecule has 0 aliphatic carbocycles. The molecule has 1 aromatic carbocycles. The highest BCUT2D eigenvalue weighted by Crippen LogP contribution is 2.16. The van der Waals surface area contributed by atoms with Gasteiger partial charge in [0.15, 0.2) is 0 Å². The Bertz CT molecular complexity index is 501. The summed E-state index contributed by atoms with van der Waals surface area (Å²) < 4.78 is 13.4. The summed E-state index contributed by atoms with van der Waals surface area (Å²) in [6.45, 7) is 4.50. The van der Waals surface area contributed by atoms with Crippen LogP contribution in [0.25, 0.3) is 11.3 Å². The molecule has 0 unspecified atom stereocenters. The predicted octanol–water partition coefficient (Wildman–Crippen LogP) is 3.15. The molecular formula is C14H18BFN2. The van der Waals surface area contributed by atoms with Crippen molar-refractivity contribution in [3.8, 4) is 11.3 Å². The van der Waals surface area contributed by atoms with Crippen LogP contribution in [0.2, 0.25) is 6.82 Å².